The Kier molecular flexibility index (Phi) is 5.35. The number of hydrogen-bond donors (Lipinski definition) is 1. The zero-order valence-electron chi connectivity index (χ0n) is 19.6. The Labute approximate surface area is 216 Å². The Morgan fingerprint density at radius 2 is 1.92 bits per heavy atom. The minimum Gasteiger partial charge on any atom is -0.324 e. The molecular formula is C28H24BrN3O4. The molecule has 0 radical (unpaired) electrons. The Bertz CT molecular complexity index is 1420. The highest BCUT2D eigenvalue weighted by atomic mass is 79.9. The van der Waals surface area contributed by atoms with Gasteiger partial charge in [0.25, 0.3) is 5.69 Å². The van der Waals surface area contributed by atoms with Gasteiger partial charge in [-0.05, 0) is 50.1 Å². The van der Waals surface area contributed by atoms with Crippen molar-refractivity contribution in [3.63, 3.8) is 0 Å². The van der Waals surface area contributed by atoms with Crippen LogP contribution >= 0.6 is 15.9 Å². The van der Waals surface area contributed by atoms with Gasteiger partial charge in [0.1, 0.15) is 5.54 Å². The summed E-state index contributed by atoms with van der Waals surface area (Å²) in [4.78, 5) is 41.9. The van der Waals surface area contributed by atoms with E-state index in [1.165, 1.54) is 6.07 Å². The number of nitro groups is 1. The van der Waals surface area contributed by atoms with Gasteiger partial charge in [0, 0.05) is 45.4 Å². The van der Waals surface area contributed by atoms with Crippen LogP contribution in [0.2, 0.25) is 0 Å². The first-order chi connectivity index (χ1) is 17.3. The summed E-state index contributed by atoms with van der Waals surface area (Å²) in [5.41, 5.74) is 2.61. The summed E-state index contributed by atoms with van der Waals surface area (Å²) in [6.45, 7) is 2.66. The summed E-state index contributed by atoms with van der Waals surface area (Å²) in [5.74, 6) is -1.44. The lowest BCUT2D eigenvalue weighted by molar-refractivity contribution is -0.384. The summed E-state index contributed by atoms with van der Waals surface area (Å²) < 4.78 is 0.857. The number of carbonyl (C=O) groups is 2. The van der Waals surface area contributed by atoms with Crippen molar-refractivity contribution in [2.75, 3.05) is 11.9 Å². The molecule has 3 unspecified atom stereocenters. The Morgan fingerprint density at radius 1 is 1.14 bits per heavy atom. The second kappa shape index (κ2) is 8.35. The van der Waals surface area contributed by atoms with Crippen LogP contribution in [0.4, 0.5) is 11.4 Å². The van der Waals surface area contributed by atoms with Crippen molar-refractivity contribution in [3.05, 3.63) is 104 Å². The van der Waals surface area contributed by atoms with Crippen LogP contribution in [0.3, 0.4) is 0 Å². The molecule has 0 saturated carbocycles. The number of aryl methyl sites for hydroxylation is 1. The summed E-state index contributed by atoms with van der Waals surface area (Å²) in [5, 5.41) is 14.7. The van der Waals surface area contributed by atoms with E-state index in [1.54, 1.807) is 24.3 Å². The molecule has 1 amide bonds. The van der Waals surface area contributed by atoms with Crippen LogP contribution in [-0.4, -0.2) is 34.1 Å². The molecule has 1 spiro atoms. The molecular weight excluding hydrogens is 522 g/mol. The zero-order valence-corrected chi connectivity index (χ0v) is 21.2. The fraction of sp³-hybridized carbons (Fsp3) is 0.286. The van der Waals surface area contributed by atoms with E-state index in [9.17, 15) is 19.7 Å². The molecule has 3 heterocycles. The quantitative estimate of drug-likeness (QED) is 0.262. The summed E-state index contributed by atoms with van der Waals surface area (Å²) in [6.07, 6.45) is 1.71. The lowest BCUT2D eigenvalue weighted by Gasteiger charge is -2.37. The molecule has 4 atom stereocenters. The molecule has 2 fully saturated rings. The van der Waals surface area contributed by atoms with Crippen LogP contribution < -0.4 is 5.32 Å². The minimum atomic E-state index is -1.18. The van der Waals surface area contributed by atoms with Crippen molar-refractivity contribution in [3.8, 4) is 0 Å². The van der Waals surface area contributed by atoms with Gasteiger partial charge in [-0.1, -0.05) is 57.9 Å². The van der Waals surface area contributed by atoms with E-state index in [2.05, 4.69) is 26.1 Å². The lowest BCUT2D eigenvalue weighted by atomic mass is 9.68. The van der Waals surface area contributed by atoms with E-state index in [0.29, 0.717) is 12.1 Å². The molecule has 3 aromatic carbocycles. The molecule has 0 aliphatic carbocycles. The van der Waals surface area contributed by atoms with Crippen LogP contribution in [-0.2, 0) is 10.3 Å². The Morgan fingerprint density at radius 3 is 2.67 bits per heavy atom. The van der Waals surface area contributed by atoms with E-state index >= 15 is 0 Å². The number of rotatable bonds is 4. The highest BCUT2D eigenvalue weighted by molar-refractivity contribution is 9.10. The molecule has 3 aromatic rings. The van der Waals surface area contributed by atoms with E-state index in [4.69, 9.17) is 0 Å². The number of Topliss-reactive ketones (excluding diaryl/α,β-unsaturated/α-hetero) is 1. The largest absolute Gasteiger partial charge is 0.324 e. The number of hydrogen-bond acceptors (Lipinski definition) is 5. The SMILES string of the molecule is Cc1ccc2c(c1)[C@]1(C(=O)N2)C(C(=O)c2ccc(Br)cc2)C(c2cccc([N+](=O)[O-])c2)C2CCCN21. The Balaban J connectivity index is 1.62. The first kappa shape index (κ1) is 23.1. The van der Waals surface area contributed by atoms with Crippen molar-refractivity contribution in [2.45, 2.75) is 37.3 Å². The van der Waals surface area contributed by atoms with Crippen LogP contribution in [0.5, 0.6) is 0 Å². The van der Waals surface area contributed by atoms with Crippen LogP contribution in [0.25, 0.3) is 0 Å². The lowest BCUT2D eigenvalue weighted by Crippen LogP contribution is -2.52. The highest BCUT2D eigenvalue weighted by Crippen LogP contribution is 2.61. The maximum atomic E-state index is 14.4. The molecule has 6 rings (SSSR count). The van der Waals surface area contributed by atoms with Gasteiger partial charge in [0.05, 0.1) is 10.8 Å². The standard InChI is InChI=1S/C28H24BrN3O4/c1-16-7-12-22-21(14-16)28(27(34)30-22)25(26(33)17-8-10-19(29)11-9-17)24(23-6-3-13-31(23)28)18-4-2-5-20(15-18)32(35)36/h2,4-5,7-12,14-15,23-25H,3,6,13H2,1H3,(H,30,34)/t23?,24?,25?,28-/m1/s1. The van der Waals surface area contributed by atoms with Gasteiger partial charge < -0.3 is 5.32 Å². The van der Waals surface area contributed by atoms with Gasteiger partial charge in [0.15, 0.2) is 5.78 Å². The van der Waals surface area contributed by atoms with Crippen LogP contribution in [0.15, 0.2) is 71.2 Å². The second-order valence-corrected chi connectivity index (χ2v) is 10.8. The molecule has 1 N–H and O–H groups in total. The number of non-ortho nitro benzene ring substituents is 1. The van der Waals surface area contributed by atoms with Gasteiger partial charge in [0.2, 0.25) is 5.91 Å². The summed E-state index contributed by atoms with van der Waals surface area (Å²) >= 11 is 3.44. The molecule has 3 aliphatic rings. The van der Waals surface area contributed by atoms with Crippen molar-refractivity contribution < 1.29 is 14.5 Å². The van der Waals surface area contributed by atoms with Gasteiger partial charge >= 0.3 is 0 Å². The molecule has 0 bridgehead atoms. The number of fused-ring (bicyclic) bond motifs is 4. The average Bonchev–Trinajstić information content (AvgIpc) is 3.52. The minimum absolute atomic E-state index is 0.0139. The van der Waals surface area contributed by atoms with Crippen molar-refractivity contribution in [1.82, 2.24) is 4.90 Å². The first-order valence-electron chi connectivity index (χ1n) is 12.1. The van der Waals surface area contributed by atoms with Crippen molar-refractivity contribution in [2.24, 2.45) is 5.92 Å². The smallest absolute Gasteiger partial charge is 0.269 e. The van der Waals surface area contributed by atoms with Gasteiger partial charge in [-0.25, -0.2) is 0 Å². The first-order valence-corrected chi connectivity index (χ1v) is 12.8. The Hall–Kier alpha value is -3.36. The number of ketones is 1. The van der Waals surface area contributed by atoms with E-state index in [1.807, 2.05) is 43.3 Å². The third kappa shape index (κ3) is 3.21. The van der Waals surface area contributed by atoms with Crippen molar-refractivity contribution in [1.29, 1.82) is 0 Å². The van der Waals surface area contributed by atoms with E-state index in [-0.39, 0.29) is 29.3 Å². The topological polar surface area (TPSA) is 92.5 Å². The third-order valence-electron chi connectivity index (χ3n) is 8.03. The number of nitrogens with zero attached hydrogens (tertiary/aromatic N) is 2. The van der Waals surface area contributed by atoms with Crippen molar-refractivity contribution >= 4 is 39.0 Å². The maximum Gasteiger partial charge on any atom is 0.269 e. The molecule has 0 aromatic heterocycles. The molecule has 8 heteroatoms. The molecule has 36 heavy (non-hydrogen) atoms. The molecule has 3 aliphatic heterocycles. The van der Waals surface area contributed by atoms with E-state index in [0.717, 1.165) is 39.7 Å². The monoisotopic (exact) mass is 545 g/mol. The predicted molar refractivity (Wildman–Crippen MR) is 139 cm³/mol. The molecule has 182 valence electrons. The van der Waals surface area contributed by atoms with Gasteiger partial charge in [-0.15, -0.1) is 0 Å². The number of carbonyl (C=O) groups excluding carboxylic acids is 2. The number of anilines is 1. The number of halogens is 1. The van der Waals surface area contributed by atoms with E-state index < -0.39 is 16.4 Å². The maximum absolute atomic E-state index is 14.4. The number of benzene rings is 3. The number of amides is 1. The molecule has 2 saturated heterocycles. The third-order valence-corrected chi connectivity index (χ3v) is 8.56. The fourth-order valence-electron chi connectivity index (χ4n) is 6.69. The van der Waals surface area contributed by atoms with Gasteiger partial charge in [-0.3, -0.25) is 24.6 Å². The molecule has 7 nitrogen and oxygen atoms in total. The highest BCUT2D eigenvalue weighted by Gasteiger charge is 2.69. The average molecular weight is 546 g/mol. The van der Waals surface area contributed by atoms with Crippen LogP contribution in [0, 0.1) is 23.0 Å². The normalized spacial score (nSPS) is 26.6. The predicted octanol–water partition coefficient (Wildman–Crippen LogP) is 5.57. The second-order valence-electron chi connectivity index (χ2n) is 9.90. The van der Waals surface area contributed by atoms with Gasteiger partial charge in [-0.2, -0.15) is 0 Å². The summed E-state index contributed by atoms with van der Waals surface area (Å²) in [7, 11) is 0. The van der Waals surface area contributed by atoms with Crippen LogP contribution in [0.1, 0.15) is 45.8 Å². The zero-order chi connectivity index (χ0) is 25.2. The number of nitrogens with one attached hydrogen (secondary N) is 1. The fourth-order valence-corrected chi connectivity index (χ4v) is 6.95. The number of nitro benzene ring substituents is 1. The summed E-state index contributed by atoms with van der Waals surface area (Å²) in [6, 6.07) is 19.6.